The number of hydrogen-bond acceptors (Lipinski definition) is 5. The van der Waals surface area contributed by atoms with E-state index in [0.717, 1.165) is 5.56 Å². The van der Waals surface area contributed by atoms with Gasteiger partial charge in [-0.1, -0.05) is 17.7 Å². The molecule has 6 heteroatoms. The molecule has 24 heavy (non-hydrogen) atoms. The highest BCUT2D eigenvalue weighted by Crippen LogP contribution is 2.35. The second kappa shape index (κ2) is 5.73. The Balaban J connectivity index is 2.21. The van der Waals surface area contributed by atoms with Gasteiger partial charge in [0.05, 0.1) is 21.9 Å². The Morgan fingerprint density at radius 2 is 1.79 bits per heavy atom. The molecule has 0 fully saturated rings. The highest BCUT2D eigenvalue weighted by Gasteiger charge is 2.32. The van der Waals surface area contributed by atoms with E-state index in [-0.39, 0.29) is 28.4 Å². The number of carbonyl (C=O) groups excluding carboxylic acids is 1. The first-order chi connectivity index (χ1) is 11.4. The molecule has 6 nitrogen and oxygen atoms in total. The topological polar surface area (TPSA) is 92.8 Å². The van der Waals surface area contributed by atoms with Crippen LogP contribution in [0.3, 0.4) is 0 Å². The number of aliphatic imine (C=N–C) groups is 1. The summed E-state index contributed by atoms with van der Waals surface area (Å²) in [5, 5.41) is 21.3. The number of allylic oxidation sites excluding steroid dienone is 1. The molecular formula is C18H14N2O4. The molecule has 0 aliphatic heterocycles. The largest absolute Gasteiger partial charge is 0.506 e. The summed E-state index contributed by atoms with van der Waals surface area (Å²) in [7, 11) is 0. The molecule has 0 saturated heterocycles. The second-order valence-electron chi connectivity index (χ2n) is 5.56. The van der Waals surface area contributed by atoms with Crippen LogP contribution in [0.4, 0.5) is 11.4 Å². The highest BCUT2D eigenvalue weighted by molar-refractivity contribution is 6.36. The lowest BCUT2D eigenvalue weighted by Gasteiger charge is -2.04. The number of nitro groups is 1. The van der Waals surface area contributed by atoms with Gasteiger partial charge in [-0.25, -0.2) is 4.99 Å². The number of fused-ring (bicyclic) bond motifs is 1. The van der Waals surface area contributed by atoms with Crippen LogP contribution in [-0.2, 0) is 4.79 Å². The van der Waals surface area contributed by atoms with Crippen LogP contribution in [0.5, 0.6) is 0 Å². The molecule has 1 aliphatic rings. The zero-order valence-corrected chi connectivity index (χ0v) is 13.1. The van der Waals surface area contributed by atoms with Gasteiger partial charge in [-0.15, -0.1) is 0 Å². The van der Waals surface area contributed by atoms with Crippen molar-refractivity contribution in [3.8, 4) is 0 Å². The van der Waals surface area contributed by atoms with Crippen molar-refractivity contribution in [1.82, 2.24) is 0 Å². The number of aryl methyl sites for hydroxylation is 1. The lowest BCUT2D eigenvalue weighted by atomic mass is 10.0. The van der Waals surface area contributed by atoms with Gasteiger partial charge in [0, 0.05) is 23.3 Å². The predicted octanol–water partition coefficient (Wildman–Crippen LogP) is 3.90. The molecule has 120 valence electrons. The van der Waals surface area contributed by atoms with Crippen molar-refractivity contribution >= 4 is 28.6 Å². The molecule has 0 amide bonds. The molecule has 1 aliphatic carbocycles. The Morgan fingerprint density at radius 3 is 2.38 bits per heavy atom. The number of nitrogens with zero attached hydrogens (tertiary/aromatic N) is 2. The molecule has 0 unspecified atom stereocenters. The fourth-order valence-corrected chi connectivity index (χ4v) is 2.63. The minimum atomic E-state index is -0.546. The first-order valence-corrected chi connectivity index (χ1v) is 7.27. The van der Waals surface area contributed by atoms with E-state index in [0.29, 0.717) is 17.0 Å². The van der Waals surface area contributed by atoms with Crippen LogP contribution >= 0.6 is 0 Å². The van der Waals surface area contributed by atoms with Gasteiger partial charge in [0.25, 0.3) is 5.69 Å². The summed E-state index contributed by atoms with van der Waals surface area (Å²) in [6.45, 7) is 3.28. The van der Waals surface area contributed by atoms with Gasteiger partial charge in [0.1, 0.15) is 5.76 Å². The Labute approximate surface area is 137 Å². The molecule has 0 heterocycles. The molecule has 0 saturated carbocycles. The van der Waals surface area contributed by atoms with E-state index in [4.69, 9.17) is 0 Å². The fraction of sp³-hybridized carbons (Fsp3) is 0.111. The third-order valence-electron chi connectivity index (χ3n) is 3.82. The molecule has 2 aromatic rings. The lowest BCUT2D eigenvalue weighted by Crippen LogP contribution is -2.08. The lowest BCUT2D eigenvalue weighted by molar-refractivity contribution is -0.384. The molecule has 3 rings (SSSR count). The summed E-state index contributed by atoms with van der Waals surface area (Å²) in [6, 6.07) is 11.5. The van der Waals surface area contributed by atoms with E-state index in [2.05, 4.69) is 4.99 Å². The van der Waals surface area contributed by atoms with Crippen molar-refractivity contribution < 1.29 is 14.8 Å². The second-order valence-corrected chi connectivity index (χ2v) is 5.56. The molecule has 2 aromatic carbocycles. The maximum atomic E-state index is 12.0. The smallest absolute Gasteiger partial charge is 0.270 e. The third-order valence-corrected chi connectivity index (χ3v) is 3.82. The number of ketones is 1. The van der Waals surface area contributed by atoms with Gasteiger partial charge in [0.15, 0.2) is 5.78 Å². The van der Waals surface area contributed by atoms with Crippen molar-refractivity contribution in [1.29, 1.82) is 0 Å². The van der Waals surface area contributed by atoms with E-state index in [1.165, 1.54) is 25.1 Å². The van der Waals surface area contributed by atoms with Gasteiger partial charge in [0.2, 0.25) is 0 Å². The Kier molecular flexibility index (Phi) is 3.73. The Morgan fingerprint density at radius 1 is 1.12 bits per heavy atom. The fourth-order valence-electron chi connectivity index (χ4n) is 2.63. The summed E-state index contributed by atoms with van der Waals surface area (Å²) < 4.78 is 0. The summed E-state index contributed by atoms with van der Waals surface area (Å²) in [6.07, 6.45) is 0. The molecule has 1 N–H and O–H groups in total. The monoisotopic (exact) mass is 322 g/mol. The zero-order chi connectivity index (χ0) is 17.4. The van der Waals surface area contributed by atoms with Crippen molar-refractivity contribution in [2.75, 3.05) is 0 Å². The van der Waals surface area contributed by atoms with Gasteiger partial charge in [-0.3, -0.25) is 14.9 Å². The van der Waals surface area contributed by atoms with Gasteiger partial charge in [-0.05, 0) is 32.0 Å². The van der Waals surface area contributed by atoms with Crippen LogP contribution in [0.25, 0.3) is 5.76 Å². The van der Waals surface area contributed by atoms with E-state index in [9.17, 15) is 20.0 Å². The number of aliphatic hydroxyl groups is 1. The molecule has 0 radical (unpaired) electrons. The number of aliphatic hydroxyl groups excluding tert-OH is 1. The minimum absolute atomic E-state index is 0.0751. The first kappa shape index (κ1) is 15.6. The van der Waals surface area contributed by atoms with Crippen LogP contribution < -0.4 is 0 Å². The van der Waals surface area contributed by atoms with Crippen molar-refractivity contribution in [2.24, 2.45) is 4.99 Å². The highest BCUT2D eigenvalue weighted by atomic mass is 16.6. The molecule has 0 bridgehead atoms. The maximum absolute atomic E-state index is 12.0. The molecular weight excluding hydrogens is 308 g/mol. The molecule has 0 spiro atoms. The van der Waals surface area contributed by atoms with Crippen LogP contribution in [0.1, 0.15) is 23.6 Å². The number of non-ortho nitro benzene ring substituents is 1. The van der Waals surface area contributed by atoms with E-state index < -0.39 is 4.92 Å². The maximum Gasteiger partial charge on any atom is 0.270 e. The Hall–Kier alpha value is -3.28. The van der Waals surface area contributed by atoms with Gasteiger partial charge >= 0.3 is 0 Å². The summed E-state index contributed by atoms with van der Waals surface area (Å²) in [5.74, 6) is -0.621. The van der Waals surface area contributed by atoms with Crippen LogP contribution in [-0.4, -0.2) is 21.5 Å². The average Bonchev–Trinajstić information content (AvgIpc) is 2.81. The number of hydrogen-bond donors (Lipinski definition) is 1. The van der Waals surface area contributed by atoms with Crippen molar-refractivity contribution in [2.45, 2.75) is 13.8 Å². The number of nitro benzene ring substituents is 1. The van der Waals surface area contributed by atoms with E-state index in [1.54, 1.807) is 12.1 Å². The number of rotatable bonds is 3. The molecule has 0 aromatic heterocycles. The molecule has 0 atom stereocenters. The number of carbonyl (C=O) groups is 1. The third kappa shape index (κ3) is 2.58. The van der Waals surface area contributed by atoms with E-state index >= 15 is 0 Å². The minimum Gasteiger partial charge on any atom is -0.506 e. The number of Topliss-reactive ketones (excluding diaryl/α,β-unsaturated/α-hetero) is 1. The van der Waals surface area contributed by atoms with E-state index in [1.807, 2.05) is 19.1 Å². The first-order valence-electron chi connectivity index (χ1n) is 7.27. The number of benzene rings is 2. The van der Waals surface area contributed by atoms with Crippen LogP contribution in [0.15, 0.2) is 53.0 Å². The van der Waals surface area contributed by atoms with Crippen LogP contribution in [0, 0.1) is 17.0 Å². The van der Waals surface area contributed by atoms with Crippen molar-refractivity contribution in [3.63, 3.8) is 0 Å². The van der Waals surface area contributed by atoms with Crippen LogP contribution in [0.2, 0.25) is 0 Å². The normalized spacial score (nSPS) is 14.8. The zero-order valence-electron chi connectivity index (χ0n) is 13.1. The quantitative estimate of drug-likeness (QED) is 0.685. The standard InChI is InChI=1S/C18H14N2O4/c1-10-3-5-12(6-4-10)19-17-14-8-7-13(20(23)24)9-15(14)18(22)16(17)11(2)21/h3-9,22H,1-2H3. The SMILES string of the molecule is CC(=O)C1=C(O)c2cc([N+](=O)[O-])ccc2C1=Nc1ccc(C)cc1. The summed E-state index contributed by atoms with van der Waals surface area (Å²) in [4.78, 5) is 26.8. The van der Waals surface area contributed by atoms with Gasteiger partial charge in [-0.2, -0.15) is 0 Å². The predicted molar refractivity (Wildman–Crippen MR) is 90.7 cm³/mol. The Bertz CT molecular complexity index is 925. The van der Waals surface area contributed by atoms with Gasteiger partial charge < -0.3 is 5.11 Å². The summed E-state index contributed by atoms with van der Waals surface area (Å²) >= 11 is 0. The summed E-state index contributed by atoms with van der Waals surface area (Å²) in [5.41, 5.74) is 2.71. The average molecular weight is 322 g/mol. The van der Waals surface area contributed by atoms with Crippen molar-refractivity contribution in [3.05, 3.63) is 74.8 Å².